The number of carbonyl (C=O) groups is 2. The van der Waals surface area contributed by atoms with Gasteiger partial charge in [0.1, 0.15) is 5.69 Å². The summed E-state index contributed by atoms with van der Waals surface area (Å²) in [6, 6.07) is 12.6. The number of esters is 1. The lowest BCUT2D eigenvalue weighted by Gasteiger charge is -2.03. The number of para-hydroxylation sites is 2. The summed E-state index contributed by atoms with van der Waals surface area (Å²) in [6.45, 7) is 6.32. The predicted molar refractivity (Wildman–Crippen MR) is 115 cm³/mol. The minimum atomic E-state index is -0.483. The van der Waals surface area contributed by atoms with Gasteiger partial charge >= 0.3 is 5.97 Å². The number of hydrogen-bond acceptors (Lipinski definition) is 6. The maximum Gasteiger partial charge on any atom is 0.338 e. The molecule has 0 aliphatic carbocycles. The third-order valence-electron chi connectivity index (χ3n) is 4.37. The zero-order chi connectivity index (χ0) is 21.1. The minimum Gasteiger partial charge on any atom is -0.462 e. The van der Waals surface area contributed by atoms with Crippen molar-refractivity contribution in [3.63, 3.8) is 0 Å². The number of benzene rings is 2. The second-order valence-corrected chi connectivity index (χ2v) is 7.36. The highest BCUT2D eigenvalue weighted by atomic mass is 32.1. The van der Waals surface area contributed by atoms with Gasteiger partial charge in [0.25, 0.3) is 5.91 Å². The number of nitrogens with zero attached hydrogens (tertiary/aromatic N) is 4. The van der Waals surface area contributed by atoms with Crippen molar-refractivity contribution in [1.29, 1.82) is 0 Å². The second kappa shape index (κ2) is 8.38. The number of hydrogen-bond donors (Lipinski definition) is 0. The van der Waals surface area contributed by atoms with E-state index in [0.29, 0.717) is 34.5 Å². The lowest BCUT2D eigenvalue weighted by atomic mass is 10.2. The maximum absolute atomic E-state index is 12.8. The van der Waals surface area contributed by atoms with E-state index in [1.165, 1.54) is 17.5 Å². The van der Waals surface area contributed by atoms with Gasteiger partial charge in [-0.05, 0) is 37.3 Å². The summed E-state index contributed by atoms with van der Waals surface area (Å²) in [5, 5.41) is 0. The molecule has 2 heterocycles. The molecule has 0 saturated heterocycles. The Labute approximate surface area is 176 Å². The van der Waals surface area contributed by atoms with Gasteiger partial charge in [-0.15, -0.1) is 6.58 Å². The number of carbonyl (C=O) groups excluding carboxylic acids is 2. The van der Waals surface area contributed by atoms with Crippen molar-refractivity contribution in [2.24, 2.45) is 4.99 Å². The Morgan fingerprint density at radius 2 is 2.03 bits per heavy atom. The number of aromatic nitrogens is 3. The molecule has 7 nitrogen and oxygen atoms in total. The van der Waals surface area contributed by atoms with Gasteiger partial charge in [-0.25, -0.2) is 9.78 Å². The van der Waals surface area contributed by atoms with Gasteiger partial charge in [-0.2, -0.15) is 4.99 Å². The molecule has 4 rings (SSSR count). The van der Waals surface area contributed by atoms with Gasteiger partial charge in [0.15, 0.2) is 4.80 Å². The molecule has 150 valence electrons. The summed E-state index contributed by atoms with van der Waals surface area (Å²) in [5.41, 5.74) is 2.82. The molecule has 0 atom stereocenters. The Balaban J connectivity index is 1.79. The molecule has 0 aliphatic heterocycles. The van der Waals surface area contributed by atoms with Crippen LogP contribution in [0.4, 0.5) is 0 Å². The molecule has 0 unspecified atom stereocenters. The van der Waals surface area contributed by atoms with Crippen LogP contribution in [-0.2, 0) is 11.3 Å². The second-order valence-electron chi connectivity index (χ2n) is 6.35. The van der Waals surface area contributed by atoms with Crippen molar-refractivity contribution in [2.75, 3.05) is 6.61 Å². The van der Waals surface area contributed by atoms with E-state index >= 15 is 0 Å². The molecule has 0 aliphatic rings. The fraction of sp³-hybridized carbons (Fsp3) is 0.136. The van der Waals surface area contributed by atoms with E-state index in [-0.39, 0.29) is 11.7 Å². The van der Waals surface area contributed by atoms with Gasteiger partial charge in [-0.3, -0.25) is 9.78 Å². The molecule has 0 N–H and O–H groups in total. The van der Waals surface area contributed by atoms with Crippen LogP contribution in [0.1, 0.15) is 27.8 Å². The van der Waals surface area contributed by atoms with Gasteiger partial charge in [0, 0.05) is 6.54 Å². The van der Waals surface area contributed by atoms with E-state index in [4.69, 9.17) is 4.74 Å². The normalized spacial score (nSPS) is 11.7. The van der Waals surface area contributed by atoms with Gasteiger partial charge in [-0.1, -0.05) is 29.5 Å². The first kappa shape index (κ1) is 19.7. The molecule has 0 bridgehead atoms. The monoisotopic (exact) mass is 418 g/mol. The van der Waals surface area contributed by atoms with Crippen molar-refractivity contribution in [1.82, 2.24) is 14.5 Å². The van der Waals surface area contributed by atoms with Crippen molar-refractivity contribution < 1.29 is 14.3 Å². The molecule has 0 radical (unpaired) electrons. The van der Waals surface area contributed by atoms with Crippen LogP contribution in [0, 0.1) is 0 Å². The first-order chi connectivity index (χ1) is 14.6. The van der Waals surface area contributed by atoms with Crippen molar-refractivity contribution in [2.45, 2.75) is 13.5 Å². The molecule has 4 aromatic rings. The fourth-order valence-corrected chi connectivity index (χ4v) is 4.09. The highest BCUT2D eigenvalue weighted by molar-refractivity contribution is 7.16. The number of allylic oxidation sites excluding steroid dienone is 1. The molecule has 8 heteroatoms. The summed E-state index contributed by atoms with van der Waals surface area (Å²) < 4.78 is 7.76. The van der Waals surface area contributed by atoms with E-state index in [0.717, 1.165) is 10.2 Å². The lowest BCUT2D eigenvalue weighted by molar-refractivity contribution is 0.0526. The highest BCUT2D eigenvalue weighted by Crippen LogP contribution is 2.20. The number of fused-ring (bicyclic) bond motifs is 2. The molecule has 2 aromatic carbocycles. The van der Waals surface area contributed by atoms with Crippen LogP contribution in [-0.4, -0.2) is 33.0 Å². The predicted octanol–water partition coefficient (Wildman–Crippen LogP) is 3.75. The lowest BCUT2D eigenvalue weighted by Crippen LogP contribution is -2.16. The average Bonchev–Trinajstić information content (AvgIpc) is 3.10. The molecular formula is C22H18N4O3S. The molecule has 2 aromatic heterocycles. The van der Waals surface area contributed by atoms with E-state index in [2.05, 4.69) is 21.5 Å². The largest absolute Gasteiger partial charge is 0.462 e. The Morgan fingerprint density at radius 1 is 1.23 bits per heavy atom. The summed E-state index contributed by atoms with van der Waals surface area (Å²) in [5.74, 6) is -0.868. The van der Waals surface area contributed by atoms with Crippen LogP contribution in [0.25, 0.3) is 21.3 Å². The minimum absolute atomic E-state index is 0.170. The van der Waals surface area contributed by atoms with Crippen LogP contribution in [0.2, 0.25) is 0 Å². The van der Waals surface area contributed by atoms with E-state index in [1.807, 2.05) is 28.8 Å². The fourth-order valence-electron chi connectivity index (χ4n) is 3.01. The quantitative estimate of drug-likeness (QED) is 0.364. The van der Waals surface area contributed by atoms with Crippen molar-refractivity contribution in [3.8, 4) is 0 Å². The third-order valence-corrected chi connectivity index (χ3v) is 5.41. The maximum atomic E-state index is 12.8. The first-order valence-electron chi connectivity index (χ1n) is 9.33. The van der Waals surface area contributed by atoms with Gasteiger partial charge in [0.2, 0.25) is 0 Å². The Kier molecular flexibility index (Phi) is 5.49. The summed E-state index contributed by atoms with van der Waals surface area (Å²) in [6.07, 6.45) is 3.16. The number of rotatable bonds is 5. The van der Waals surface area contributed by atoms with Crippen LogP contribution in [0.3, 0.4) is 0 Å². The number of ether oxygens (including phenoxy) is 1. The van der Waals surface area contributed by atoms with Crippen LogP contribution >= 0.6 is 11.3 Å². The van der Waals surface area contributed by atoms with E-state index in [9.17, 15) is 9.59 Å². The van der Waals surface area contributed by atoms with Crippen LogP contribution in [0.5, 0.6) is 0 Å². The molecular weight excluding hydrogens is 400 g/mol. The van der Waals surface area contributed by atoms with Crippen molar-refractivity contribution >= 4 is 44.5 Å². The molecule has 0 fully saturated rings. The Bertz CT molecular complexity index is 1350. The molecule has 0 spiro atoms. The van der Waals surface area contributed by atoms with Gasteiger partial charge in [0.05, 0.1) is 39.6 Å². The first-order valence-corrected chi connectivity index (χ1v) is 10.1. The smallest absolute Gasteiger partial charge is 0.338 e. The van der Waals surface area contributed by atoms with E-state index in [1.54, 1.807) is 31.2 Å². The Morgan fingerprint density at radius 3 is 2.80 bits per heavy atom. The molecule has 30 heavy (non-hydrogen) atoms. The molecule has 1 amide bonds. The summed E-state index contributed by atoms with van der Waals surface area (Å²) >= 11 is 1.31. The van der Waals surface area contributed by atoms with Crippen LogP contribution in [0.15, 0.2) is 66.3 Å². The van der Waals surface area contributed by atoms with E-state index < -0.39 is 5.91 Å². The number of thiazole rings is 1. The third kappa shape index (κ3) is 3.77. The zero-order valence-corrected chi connectivity index (χ0v) is 17.1. The Hall–Kier alpha value is -3.65. The number of amides is 1. The molecule has 0 saturated carbocycles. The SMILES string of the molecule is C=CCn1c(=NC(=O)c2cnc3ccccc3n2)sc2cc(C(=O)OCC)ccc21. The van der Waals surface area contributed by atoms with Gasteiger partial charge < -0.3 is 9.30 Å². The zero-order valence-electron chi connectivity index (χ0n) is 16.2. The average molecular weight is 418 g/mol. The summed E-state index contributed by atoms with van der Waals surface area (Å²) in [4.78, 5) is 38.2. The standard InChI is InChI=1S/C22H18N4O3S/c1-3-11-26-18-10-9-14(21(28)29-4-2)12-19(18)30-22(26)25-20(27)17-13-23-15-7-5-6-8-16(15)24-17/h3,5-10,12-13H,1,4,11H2,2H3. The summed E-state index contributed by atoms with van der Waals surface area (Å²) in [7, 11) is 0. The van der Waals surface area contributed by atoms with Crippen LogP contribution < -0.4 is 4.80 Å². The topological polar surface area (TPSA) is 86.4 Å². The highest BCUT2D eigenvalue weighted by Gasteiger charge is 2.13. The van der Waals surface area contributed by atoms with Crippen molar-refractivity contribution in [3.05, 3.63) is 77.4 Å².